The van der Waals surface area contributed by atoms with E-state index in [2.05, 4.69) is 4.98 Å². The zero-order valence-corrected chi connectivity index (χ0v) is 10.8. The third-order valence-electron chi connectivity index (χ3n) is 2.22. The number of carboxylic acid groups (broad SMARTS) is 2. The first-order valence-corrected chi connectivity index (χ1v) is 6.73. The second-order valence-corrected chi connectivity index (χ2v) is 5.31. The van der Waals surface area contributed by atoms with Crippen molar-refractivity contribution in [3.8, 4) is 0 Å². The minimum atomic E-state index is -4.17. The topological polar surface area (TPSA) is 139 Å². The number of nitrogens with one attached hydrogen (secondary N) is 1. The van der Waals surface area contributed by atoms with E-state index in [9.17, 15) is 18.0 Å². The molecule has 0 aliphatic carbocycles. The van der Waals surface area contributed by atoms with Crippen LogP contribution in [0.1, 0.15) is 13.3 Å². The largest absolute Gasteiger partial charge is 0.481 e. The Kier molecular flexibility index (Phi) is 4.62. The second kappa shape index (κ2) is 5.80. The van der Waals surface area contributed by atoms with Crippen LogP contribution in [0.4, 0.5) is 0 Å². The molecule has 1 rings (SSSR count). The van der Waals surface area contributed by atoms with Gasteiger partial charge in [-0.1, -0.05) is 0 Å². The van der Waals surface area contributed by atoms with Crippen LogP contribution in [0, 0.1) is 0 Å². The van der Waals surface area contributed by atoms with Gasteiger partial charge in [-0.15, -0.1) is 0 Å². The summed E-state index contributed by atoms with van der Waals surface area (Å²) in [5, 5.41) is 16.9. The van der Waals surface area contributed by atoms with Crippen molar-refractivity contribution in [2.24, 2.45) is 0 Å². The molecule has 0 amide bonds. The van der Waals surface area contributed by atoms with E-state index in [-0.39, 0.29) is 5.03 Å². The van der Waals surface area contributed by atoms with Crippen molar-refractivity contribution >= 4 is 22.0 Å². The van der Waals surface area contributed by atoms with E-state index >= 15 is 0 Å². The minimum Gasteiger partial charge on any atom is -0.481 e. The molecule has 0 spiro atoms. The molecule has 3 N–H and O–H groups in total. The van der Waals surface area contributed by atoms with Gasteiger partial charge in [-0.3, -0.25) is 9.59 Å². The molecule has 0 saturated heterocycles. The van der Waals surface area contributed by atoms with Crippen molar-refractivity contribution < 1.29 is 28.2 Å². The molecule has 1 aromatic rings. The Balaban J connectivity index is 2.93. The maximum absolute atomic E-state index is 11.8. The van der Waals surface area contributed by atoms with Crippen LogP contribution in [-0.4, -0.2) is 46.2 Å². The summed E-state index contributed by atoms with van der Waals surface area (Å²) in [6.07, 6.45) is 1.65. The molecule has 0 unspecified atom stereocenters. The van der Waals surface area contributed by atoms with E-state index < -0.39 is 34.4 Å². The predicted molar refractivity (Wildman–Crippen MR) is 61.9 cm³/mol. The lowest BCUT2D eigenvalue weighted by Gasteiger charge is -2.11. The number of carbonyl (C=O) groups is 2. The maximum atomic E-state index is 11.8. The summed E-state index contributed by atoms with van der Waals surface area (Å²) >= 11 is 0. The van der Waals surface area contributed by atoms with Crippen molar-refractivity contribution in [1.82, 2.24) is 14.3 Å². The van der Waals surface area contributed by atoms with Crippen molar-refractivity contribution in [3.63, 3.8) is 0 Å². The number of aliphatic carboxylic acids is 2. The smallest absolute Gasteiger partial charge is 0.322 e. The van der Waals surface area contributed by atoms with Crippen molar-refractivity contribution in [3.05, 3.63) is 12.5 Å². The van der Waals surface area contributed by atoms with Crippen molar-refractivity contribution in [2.75, 3.05) is 0 Å². The fraction of sp³-hybridized carbons (Fsp3) is 0.444. The number of aryl methyl sites for hydroxylation is 1. The lowest BCUT2D eigenvalue weighted by atomic mass is 10.2. The molecule has 0 aliphatic rings. The monoisotopic (exact) mass is 291 g/mol. The van der Waals surface area contributed by atoms with Crippen LogP contribution < -0.4 is 4.72 Å². The van der Waals surface area contributed by atoms with Crippen LogP contribution in [0.2, 0.25) is 0 Å². The number of aromatic nitrogens is 2. The molecule has 1 atom stereocenters. The van der Waals surface area contributed by atoms with Crippen molar-refractivity contribution in [1.29, 1.82) is 0 Å². The van der Waals surface area contributed by atoms with Crippen LogP contribution in [0.25, 0.3) is 0 Å². The first-order chi connectivity index (χ1) is 8.76. The van der Waals surface area contributed by atoms with Gasteiger partial charge in [-0.05, 0) is 6.92 Å². The lowest BCUT2D eigenvalue weighted by Crippen LogP contribution is -2.42. The molecule has 0 aliphatic heterocycles. The minimum absolute atomic E-state index is 0.356. The second-order valence-electron chi connectivity index (χ2n) is 3.65. The average molecular weight is 291 g/mol. The molecule has 0 bridgehead atoms. The highest BCUT2D eigenvalue weighted by atomic mass is 32.2. The fourth-order valence-electron chi connectivity index (χ4n) is 1.25. The van der Waals surface area contributed by atoms with Crippen LogP contribution in [0.15, 0.2) is 17.6 Å². The van der Waals surface area contributed by atoms with E-state index in [0.29, 0.717) is 6.54 Å². The zero-order valence-electron chi connectivity index (χ0n) is 9.98. The summed E-state index contributed by atoms with van der Waals surface area (Å²) in [5.41, 5.74) is 0. The number of hydrogen-bond donors (Lipinski definition) is 3. The maximum Gasteiger partial charge on any atom is 0.322 e. The highest BCUT2D eigenvalue weighted by molar-refractivity contribution is 7.89. The summed E-state index contributed by atoms with van der Waals surface area (Å²) in [4.78, 5) is 24.9. The Labute approximate surface area is 108 Å². The molecule has 10 heteroatoms. The zero-order chi connectivity index (χ0) is 14.6. The van der Waals surface area contributed by atoms with Crippen LogP contribution in [0.3, 0.4) is 0 Å². The van der Waals surface area contributed by atoms with Gasteiger partial charge in [-0.2, -0.15) is 4.72 Å². The SMILES string of the molecule is CCn1cnc(S(=O)(=O)N[C@@H](CC(=O)O)C(=O)O)c1. The Hall–Kier alpha value is -1.94. The summed E-state index contributed by atoms with van der Waals surface area (Å²) in [5.74, 6) is -2.99. The molecule has 1 aromatic heterocycles. The normalized spacial score (nSPS) is 13.1. The molecule has 0 radical (unpaired) electrons. The third-order valence-corrected chi connectivity index (χ3v) is 3.58. The molecule has 9 nitrogen and oxygen atoms in total. The molecule has 0 saturated carbocycles. The number of hydrogen-bond acceptors (Lipinski definition) is 5. The van der Waals surface area contributed by atoms with Crippen LogP contribution in [-0.2, 0) is 26.2 Å². The van der Waals surface area contributed by atoms with E-state index in [1.54, 1.807) is 11.6 Å². The molecule has 0 fully saturated rings. The van der Waals surface area contributed by atoms with Gasteiger partial charge < -0.3 is 14.8 Å². The third kappa shape index (κ3) is 4.03. The Bertz CT molecular complexity index is 579. The Morgan fingerprint density at radius 2 is 2.11 bits per heavy atom. The summed E-state index contributed by atoms with van der Waals surface area (Å²) in [7, 11) is -4.17. The van der Waals surface area contributed by atoms with Gasteiger partial charge >= 0.3 is 11.9 Å². The quantitative estimate of drug-likeness (QED) is 0.592. The van der Waals surface area contributed by atoms with Gasteiger partial charge in [0.2, 0.25) is 0 Å². The molecular weight excluding hydrogens is 278 g/mol. The van der Waals surface area contributed by atoms with Gasteiger partial charge in [-0.25, -0.2) is 13.4 Å². The van der Waals surface area contributed by atoms with Gasteiger partial charge in [0.25, 0.3) is 10.0 Å². The van der Waals surface area contributed by atoms with Gasteiger partial charge in [0, 0.05) is 12.7 Å². The molecular formula is C9H13N3O6S. The number of nitrogens with zero attached hydrogens (tertiary/aromatic N) is 2. The fourth-order valence-corrected chi connectivity index (χ4v) is 2.39. The highest BCUT2D eigenvalue weighted by Crippen LogP contribution is 2.07. The number of rotatable bonds is 7. The first-order valence-electron chi connectivity index (χ1n) is 5.25. The van der Waals surface area contributed by atoms with Crippen LogP contribution in [0.5, 0.6) is 0 Å². The number of sulfonamides is 1. The van der Waals surface area contributed by atoms with E-state index in [1.807, 2.05) is 0 Å². The standard InChI is InChI=1S/C9H13N3O6S/c1-2-12-4-7(10-5-12)19(17,18)11-6(9(15)16)3-8(13)14/h4-6,11H,2-3H2,1H3,(H,13,14)(H,15,16)/t6-/m0/s1. The van der Waals surface area contributed by atoms with Gasteiger partial charge in [0.1, 0.15) is 6.04 Å². The van der Waals surface area contributed by atoms with Crippen molar-refractivity contribution in [2.45, 2.75) is 31.0 Å². The molecule has 19 heavy (non-hydrogen) atoms. The molecule has 0 aromatic carbocycles. The average Bonchev–Trinajstić information content (AvgIpc) is 2.76. The molecule has 106 valence electrons. The Morgan fingerprint density at radius 3 is 2.53 bits per heavy atom. The Morgan fingerprint density at radius 1 is 1.47 bits per heavy atom. The lowest BCUT2D eigenvalue weighted by molar-refractivity contribution is -0.145. The highest BCUT2D eigenvalue weighted by Gasteiger charge is 2.28. The van der Waals surface area contributed by atoms with E-state index in [4.69, 9.17) is 10.2 Å². The summed E-state index contributed by atoms with van der Waals surface area (Å²) in [6, 6.07) is -1.74. The molecule has 1 heterocycles. The van der Waals surface area contributed by atoms with E-state index in [1.165, 1.54) is 17.1 Å². The number of imidazole rings is 1. The van der Waals surface area contributed by atoms with Gasteiger partial charge in [0.05, 0.1) is 12.7 Å². The van der Waals surface area contributed by atoms with Crippen LogP contribution >= 0.6 is 0 Å². The van der Waals surface area contributed by atoms with E-state index in [0.717, 1.165) is 0 Å². The summed E-state index contributed by atoms with van der Waals surface area (Å²) in [6.45, 7) is 2.27. The van der Waals surface area contributed by atoms with Gasteiger partial charge in [0.15, 0.2) is 5.03 Å². The predicted octanol–water partition coefficient (Wildman–Crippen LogP) is -0.891. The first kappa shape index (κ1) is 15.1. The number of carboxylic acids is 2. The summed E-state index contributed by atoms with van der Waals surface area (Å²) < 4.78 is 26.9.